The van der Waals surface area contributed by atoms with Gasteiger partial charge in [0.25, 0.3) is 0 Å². The third kappa shape index (κ3) is 6.73. The molecule has 3 rings (SSSR count). The van der Waals surface area contributed by atoms with Gasteiger partial charge in [0.05, 0.1) is 6.61 Å². The lowest BCUT2D eigenvalue weighted by molar-refractivity contribution is 0.00751. The largest absolute Gasteiger partial charge is 0.491 e. The lowest BCUT2D eigenvalue weighted by Crippen LogP contribution is -2.32. The number of carbonyl (C=O) groups excluding carboxylic acids is 1. The van der Waals surface area contributed by atoms with Crippen molar-refractivity contribution < 1.29 is 29.2 Å². The molecule has 0 saturated carbocycles. The number of para-hydroxylation sites is 3. The Kier molecular flexibility index (Phi) is 8.92. The maximum atomic E-state index is 12.8. The second kappa shape index (κ2) is 12.3. The van der Waals surface area contributed by atoms with Gasteiger partial charge in [-0.2, -0.15) is 0 Å². The van der Waals surface area contributed by atoms with Crippen molar-refractivity contribution in [2.24, 2.45) is 0 Å². The highest BCUT2D eigenvalue weighted by atomic mass is 16.6. The van der Waals surface area contributed by atoms with Crippen molar-refractivity contribution in [2.75, 3.05) is 25.1 Å². The highest BCUT2D eigenvalue weighted by molar-refractivity contribution is 5.84. The van der Waals surface area contributed by atoms with E-state index >= 15 is 0 Å². The first-order valence-corrected chi connectivity index (χ1v) is 10.4. The van der Waals surface area contributed by atoms with Gasteiger partial charge in [-0.05, 0) is 30.3 Å². The summed E-state index contributed by atoms with van der Waals surface area (Å²) in [6.07, 6.45) is -2.03. The van der Waals surface area contributed by atoms with E-state index in [4.69, 9.17) is 14.2 Å². The average Bonchev–Trinajstić information content (AvgIpc) is 2.82. The summed E-state index contributed by atoms with van der Waals surface area (Å²) >= 11 is 0. The lowest BCUT2D eigenvalue weighted by Gasteiger charge is -2.29. The van der Waals surface area contributed by atoms with Gasteiger partial charge in [-0.3, -0.25) is 5.32 Å². The number of hydrogen-bond donors (Lipinski definition) is 3. The van der Waals surface area contributed by atoms with Crippen LogP contribution in [0.2, 0.25) is 0 Å². The van der Waals surface area contributed by atoms with Gasteiger partial charge in [0.1, 0.15) is 24.2 Å². The van der Waals surface area contributed by atoms with Gasteiger partial charge in [0, 0.05) is 24.3 Å². The Balaban J connectivity index is 1.91. The Bertz CT molecular complexity index is 951. The Morgan fingerprint density at radius 1 is 0.844 bits per heavy atom. The number of ether oxygens (including phenoxy) is 3. The first-order valence-electron chi connectivity index (χ1n) is 10.4. The van der Waals surface area contributed by atoms with Crippen molar-refractivity contribution >= 4 is 11.8 Å². The van der Waals surface area contributed by atoms with E-state index in [1.807, 2.05) is 24.3 Å². The predicted molar refractivity (Wildman–Crippen MR) is 121 cm³/mol. The van der Waals surface area contributed by atoms with Crippen LogP contribution in [-0.2, 0) is 4.74 Å². The van der Waals surface area contributed by atoms with Crippen molar-refractivity contribution in [3.63, 3.8) is 0 Å². The zero-order valence-electron chi connectivity index (χ0n) is 17.6. The van der Waals surface area contributed by atoms with E-state index in [0.717, 1.165) is 0 Å². The summed E-state index contributed by atoms with van der Waals surface area (Å²) in [5.74, 6) is 1.04. The van der Waals surface area contributed by atoms with Crippen LogP contribution >= 0.6 is 0 Å². The van der Waals surface area contributed by atoms with Gasteiger partial charge < -0.3 is 24.4 Å². The zero-order valence-corrected chi connectivity index (χ0v) is 17.6. The van der Waals surface area contributed by atoms with E-state index in [9.17, 15) is 15.0 Å². The quantitative estimate of drug-likeness (QED) is 0.416. The highest BCUT2D eigenvalue weighted by Gasteiger charge is 2.31. The van der Waals surface area contributed by atoms with E-state index in [0.29, 0.717) is 22.7 Å². The molecule has 0 spiro atoms. The van der Waals surface area contributed by atoms with Crippen molar-refractivity contribution in [2.45, 2.75) is 18.6 Å². The molecular formula is C25H27NO6. The van der Waals surface area contributed by atoms with Gasteiger partial charge in [-0.1, -0.05) is 54.6 Å². The summed E-state index contributed by atoms with van der Waals surface area (Å²) in [5, 5.41) is 21.6. The van der Waals surface area contributed by atoms with Crippen LogP contribution in [0.25, 0.3) is 0 Å². The Labute approximate surface area is 187 Å². The average molecular weight is 437 g/mol. The monoisotopic (exact) mass is 437 g/mol. The molecule has 0 unspecified atom stereocenters. The molecule has 3 N–H and O–H groups in total. The van der Waals surface area contributed by atoms with Crippen molar-refractivity contribution in [1.82, 2.24) is 0 Å². The lowest BCUT2D eigenvalue weighted by atomic mass is 10.0. The van der Waals surface area contributed by atoms with Gasteiger partial charge in [0.2, 0.25) is 0 Å². The number of aliphatic hydroxyl groups is 2. The smallest absolute Gasteiger partial charge is 0.412 e. The molecule has 7 nitrogen and oxygen atoms in total. The normalized spacial score (nSPS) is 12.4. The Morgan fingerprint density at radius 3 is 2.19 bits per heavy atom. The molecule has 0 heterocycles. The van der Waals surface area contributed by atoms with Crippen molar-refractivity contribution in [3.05, 3.63) is 90.5 Å². The molecule has 1 amide bonds. The fourth-order valence-corrected chi connectivity index (χ4v) is 3.20. The standard InChI is InChI=1S/C25H27NO6/c27-16-15-23(31-20-11-5-2-6-12-20)24(21-13-7-8-14-22(21)30-18-17-28)32-25(29)26-19-9-3-1-4-10-19/h1-14,23-24,27-28H,15-18H2,(H,26,29)/t23-,24-/m0/s1. The van der Waals surface area contributed by atoms with Crippen molar-refractivity contribution in [1.29, 1.82) is 0 Å². The van der Waals surface area contributed by atoms with E-state index < -0.39 is 18.3 Å². The second-order valence-corrected chi connectivity index (χ2v) is 6.91. The maximum absolute atomic E-state index is 12.8. The number of rotatable bonds is 11. The number of anilines is 1. The molecule has 0 aromatic heterocycles. The minimum absolute atomic E-state index is 0.0875. The summed E-state index contributed by atoms with van der Waals surface area (Å²) < 4.78 is 17.6. The molecule has 0 aliphatic heterocycles. The minimum atomic E-state index is -0.888. The zero-order chi connectivity index (χ0) is 22.6. The van der Waals surface area contributed by atoms with Crippen LogP contribution in [0.15, 0.2) is 84.9 Å². The predicted octanol–water partition coefficient (Wildman–Crippen LogP) is 4.18. The summed E-state index contributed by atoms with van der Waals surface area (Å²) in [7, 11) is 0. The topological polar surface area (TPSA) is 97.3 Å². The first kappa shape index (κ1) is 23.1. The van der Waals surface area contributed by atoms with Gasteiger partial charge in [-0.25, -0.2) is 4.79 Å². The summed E-state index contributed by atoms with van der Waals surface area (Å²) in [6, 6.07) is 25.2. The maximum Gasteiger partial charge on any atom is 0.412 e. The van der Waals surface area contributed by atoms with Crippen LogP contribution in [0.4, 0.5) is 10.5 Å². The minimum Gasteiger partial charge on any atom is -0.491 e. The molecule has 7 heteroatoms. The van der Waals surface area contributed by atoms with E-state index in [-0.39, 0.29) is 26.2 Å². The van der Waals surface area contributed by atoms with Crippen LogP contribution in [-0.4, -0.2) is 42.2 Å². The second-order valence-electron chi connectivity index (χ2n) is 6.91. The third-order valence-electron chi connectivity index (χ3n) is 4.61. The van der Waals surface area contributed by atoms with Gasteiger partial charge in [0.15, 0.2) is 6.10 Å². The molecule has 32 heavy (non-hydrogen) atoms. The van der Waals surface area contributed by atoms with Crippen molar-refractivity contribution in [3.8, 4) is 11.5 Å². The van der Waals surface area contributed by atoms with Crippen LogP contribution in [0.5, 0.6) is 11.5 Å². The van der Waals surface area contributed by atoms with E-state index in [1.165, 1.54) is 0 Å². The number of nitrogens with one attached hydrogen (secondary N) is 1. The van der Waals surface area contributed by atoms with E-state index in [2.05, 4.69) is 5.32 Å². The number of aliphatic hydroxyl groups excluding tert-OH is 2. The first-order chi connectivity index (χ1) is 15.7. The van der Waals surface area contributed by atoms with Gasteiger partial charge >= 0.3 is 6.09 Å². The summed E-state index contributed by atoms with van der Waals surface area (Å²) in [4.78, 5) is 12.8. The number of benzene rings is 3. The molecular weight excluding hydrogens is 410 g/mol. The third-order valence-corrected chi connectivity index (χ3v) is 4.61. The Hall–Kier alpha value is -3.55. The summed E-state index contributed by atoms with van der Waals surface area (Å²) in [6.45, 7) is -0.240. The fourth-order valence-electron chi connectivity index (χ4n) is 3.20. The van der Waals surface area contributed by atoms with E-state index in [1.54, 1.807) is 60.7 Å². The molecule has 3 aromatic rings. The molecule has 0 aliphatic rings. The number of carbonyl (C=O) groups is 1. The Morgan fingerprint density at radius 2 is 1.50 bits per heavy atom. The molecule has 0 fully saturated rings. The SMILES string of the molecule is O=C(Nc1ccccc1)O[C@@H](c1ccccc1OCCO)[C@H](CCO)Oc1ccccc1. The van der Waals surface area contributed by atoms with Crippen LogP contribution in [0.1, 0.15) is 18.1 Å². The van der Waals surface area contributed by atoms with Gasteiger partial charge in [-0.15, -0.1) is 0 Å². The number of amides is 1. The van der Waals surface area contributed by atoms with Crippen LogP contribution in [0, 0.1) is 0 Å². The highest BCUT2D eigenvalue weighted by Crippen LogP contribution is 2.34. The molecule has 0 saturated heterocycles. The fraction of sp³-hybridized carbons (Fsp3) is 0.240. The summed E-state index contributed by atoms with van der Waals surface area (Å²) in [5.41, 5.74) is 1.15. The number of hydrogen-bond acceptors (Lipinski definition) is 6. The molecule has 0 bridgehead atoms. The molecule has 2 atom stereocenters. The van der Waals surface area contributed by atoms with Crippen LogP contribution in [0.3, 0.4) is 0 Å². The molecule has 0 radical (unpaired) electrons. The molecule has 168 valence electrons. The molecule has 0 aliphatic carbocycles. The molecule has 3 aromatic carbocycles. The van der Waals surface area contributed by atoms with Crippen LogP contribution < -0.4 is 14.8 Å².